The van der Waals surface area contributed by atoms with Gasteiger partial charge in [0.2, 0.25) is 0 Å². The highest BCUT2D eigenvalue weighted by molar-refractivity contribution is 5.88. The summed E-state index contributed by atoms with van der Waals surface area (Å²) in [6.45, 7) is 0. The van der Waals surface area contributed by atoms with Gasteiger partial charge in [0.1, 0.15) is 5.75 Å². The van der Waals surface area contributed by atoms with Crippen molar-refractivity contribution in [3.63, 3.8) is 0 Å². The molecule has 0 unspecified atom stereocenters. The molecule has 0 aromatic heterocycles. The van der Waals surface area contributed by atoms with E-state index < -0.39 is 0 Å². The minimum Gasteiger partial charge on any atom is -0.497 e. The van der Waals surface area contributed by atoms with Gasteiger partial charge in [-0.15, -0.1) is 0 Å². The van der Waals surface area contributed by atoms with Crippen LogP contribution in [0.4, 0.5) is 0 Å². The molecule has 0 bridgehead atoms. The lowest BCUT2D eigenvalue weighted by atomic mass is 10.0. The summed E-state index contributed by atoms with van der Waals surface area (Å²) < 4.78 is 5.21. The van der Waals surface area contributed by atoms with E-state index in [0.717, 1.165) is 16.9 Å². The molecule has 3 aromatic carbocycles. The van der Waals surface area contributed by atoms with Crippen LogP contribution in [0.25, 0.3) is 10.8 Å². The Balaban J connectivity index is 2.03. The first-order valence-corrected chi connectivity index (χ1v) is 6.51. The molecule has 0 fully saturated rings. The summed E-state index contributed by atoms with van der Waals surface area (Å²) in [6, 6.07) is 22.3. The van der Waals surface area contributed by atoms with E-state index in [1.807, 2.05) is 42.5 Å². The highest BCUT2D eigenvalue weighted by Crippen LogP contribution is 2.18. The number of hydrogen-bond donors (Lipinski definition) is 0. The summed E-state index contributed by atoms with van der Waals surface area (Å²) in [5.41, 5.74) is 2.00. The lowest BCUT2D eigenvalue weighted by molar-refractivity contribution is 0.414. The molecule has 0 amide bonds. The van der Waals surface area contributed by atoms with Crippen LogP contribution in [0.5, 0.6) is 5.75 Å². The summed E-state index contributed by atoms with van der Waals surface area (Å²) in [5.74, 6) is 7.28. The van der Waals surface area contributed by atoms with Gasteiger partial charge in [-0.1, -0.05) is 54.3 Å². The minimum atomic E-state index is 0.828. The molecule has 3 aromatic rings. The van der Waals surface area contributed by atoms with Crippen LogP contribution in [0.3, 0.4) is 0 Å². The Morgan fingerprint density at radius 3 is 2.50 bits per heavy atom. The fourth-order valence-corrected chi connectivity index (χ4v) is 2.17. The van der Waals surface area contributed by atoms with Crippen molar-refractivity contribution in [1.29, 1.82) is 0 Å². The zero-order valence-corrected chi connectivity index (χ0v) is 11.3. The number of fused-ring (bicyclic) bond motifs is 1. The molecule has 1 nitrogen and oxygen atoms in total. The molecule has 0 N–H and O–H groups in total. The Morgan fingerprint density at radius 2 is 1.60 bits per heavy atom. The first-order valence-electron chi connectivity index (χ1n) is 6.51. The molecule has 0 saturated carbocycles. The number of hydrogen-bond acceptors (Lipinski definition) is 1. The summed E-state index contributed by atoms with van der Waals surface area (Å²) in [5, 5.41) is 2.40. The molecule has 0 spiro atoms. The van der Waals surface area contributed by atoms with Crippen LogP contribution < -0.4 is 4.74 Å². The molecule has 0 heterocycles. The van der Waals surface area contributed by atoms with Crippen molar-refractivity contribution in [3.05, 3.63) is 77.9 Å². The third-order valence-electron chi connectivity index (χ3n) is 3.20. The normalized spacial score (nSPS) is 9.85. The van der Waals surface area contributed by atoms with Gasteiger partial charge < -0.3 is 4.74 Å². The van der Waals surface area contributed by atoms with E-state index in [2.05, 4.69) is 36.1 Å². The molecule has 1 heteroatoms. The molecule has 3 rings (SSSR count). The Bertz CT molecular complexity index is 801. The van der Waals surface area contributed by atoms with E-state index >= 15 is 0 Å². The molecule has 0 aliphatic carbocycles. The maximum atomic E-state index is 5.21. The Labute approximate surface area is 118 Å². The van der Waals surface area contributed by atoms with Crippen molar-refractivity contribution >= 4 is 10.8 Å². The first kappa shape index (κ1) is 12.3. The highest BCUT2D eigenvalue weighted by atomic mass is 16.5. The molecule has 20 heavy (non-hydrogen) atoms. The maximum Gasteiger partial charge on any atom is 0.120 e. The molecule has 0 saturated heterocycles. The van der Waals surface area contributed by atoms with Crippen LogP contribution >= 0.6 is 0 Å². The number of benzene rings is 3. The third-order valence-corrected chi connectivity index (χ3v) is 3.20. The number of ether oxygens (including phenoxy) is 1. The topological polar surface area (TPSA) is 9.23 Å². The van der Waals surface area contributed by atoms with Crippen LogP contribution in [0.1, 0.15) is 11.1 Å². The average molecular weight is 258 g/mol. The molecule has 0 atom stereocenters. The molecular formula is C19H14O. The van der Waals surface area contributed by atoms with Crippen LogP contribution in [-0.2, 0) is 0 Å². The summed E-state index contributed by atoms with van der Waals surface area (Å²) >= 11 is 0. The zero-order valence-electron chi connectivity index (χ0n) is 11.3. The Morgan fingerprint density at radius 1 is 0.800 bits per heavy atom. The average Bonchev–Trinajstić information content (AvgIpc) is 2.53. The van der Waals surface area contributed by atoms with Crippen molar-refractivity contribution < 1.29 is 4.74 Å². The predicted molar refractivity (Wildman–Crippen MR) is 82.9 cm³/mol. The highest BCUT2D eigenvalue weighted by Gasteiger charge is 1.96. The van der Waals surface area contributed by atoms with Crippen LogP contribution in [0.15, 0.2) is 66.7 Å². The van der Waals surface area contributed by atoms with E-state index in [1.54, 1.807) is 7.11 Å². The van der Waals surface area contributed by atoms with Gasteiger partial charge in [-0.25, -0.2) is 0 Å². The fourth-order valence-electron chi connectivity index (χ4n) is 2.17. The smallest absolute Gasteiger partial charge is 0.120 e. The van der Waals surface area contributed by atoms with E-state index in [0.29, 0.717) is 0 Å². The fraction of sp³-hybridized carbons (Fsp3) is 0.0526. The monoisotopic (exact) mass is 258 g/mol. The van der Waals surface area contributed by atoms with Crippen molar-refractivity contribution in [2.45, 2.75) is 0 Å². The standard InChI is InChI=1S/C19H14O/c1-20-18-10-4-6-15(14-18)12-13-17-9-5-8-16-7-2-3-11-19(16)17/h2-11,14H,1H3. The van der Waals surface area contributed by atoms with Gasteiger partial charge in [-0.3, -0.25) is 0 Å². The Hall–Kier alpha value is -2.72. The van der Waals surface area contributed by atoms with E-state index in [9.17, 15) is 0 Å². The molecule has 0 aliphatic heterocycles. The maximum absolute atomic E-state index is 5.21. The van der Waals surface area contributed by atoms with Crippen molar-refractivity contribution in [2.75, 3.05) is 7.11 Å². The molecule has 0 radical (unpaired) electrons. The second-order valence-electron chi connectivity index (χ2n) is 4.51. The van der Waals surface area contributed by atoms with Gasteiger partial charge in [0.15, 0.2) is 0 Å². The van der Waals surface area contributed by atoms with Gasteiger partial charge >= 0.3 is 0 Å². The van der Waals surface area contributed by atoms with E-state index in [4.69, 9.17) is 4.74 Å². The second kappa shape index (κ2) is 5.50. The number of methoxy groups -OCH3 is 1. The largest absolute Gasteiger partial charge is 0.497 e. The van der Waals surface area contributed by atoms with Crippen LogP contribution in [0.2, 0.25) is 0 Å². The Kier molecular flexibility index (Phi) is 3.39. The van der Waals surface area contributed by atoms with Gasteiger partial charge in [-0.05, 0) is 35.0 Å². The van der Waals surface area contributed by atoms with Crippen molar-refractivity contribution in [2.24, 2.45) is 0 Å². The lowest BCUT2D eigenvalue weighted by Gasteiger charge is -2.00. The van der Waals surface area contributed by atoms with Gasteiger partial charge in [0.05, 0.1) is 7.11 Å². The SMILES string of the molecule is COc1cccc(C#Cc2cccc3ccccc23)c1. The van der Waals surface area contributed by atoms with E-state index in [-0.39, 0.29) is 0 Å². The molecule has 96 valence electrons. The lowest BCUT2D eigenvalue weighted by Crippen LogP contribution is -1.83. The summed E-state index contributed by atoms with van der Waals surface area (Å²) in [4.78, 5) is 0. The van der Waals surface area contributed by atoms with Gasteiger partial charge in [0.25, 0.3) is 0 Å². The van der Waals surface area contributed by atoms with Crippen LogP contribution in [0, 0.1) is 11.8 Å². The second-order valence-corrected chi connectivity index (χ2v) is 4.51. The van der Waals surface area contributed by atoms with Crippen LogP contribution in [-0.4, -0.2) is 7.11 Å². The number of rotatable bonds is 1. The van der Waals surface area contributed by atoms with Crippen molar-refractivity contribution in [3.8, 4) is 17.6 Å². The molecule has 0 aliphatic rings. The summed E-state index contributed by atoms with van der Waals surface area (Å²) in [6.07, 6.45) is 0. The zero-order chi connectivity index (χ0) is 13.8. The summed E-state index contributed by atoms with van der Waals surface area (Å²) in [7, 11) is 1.66. The predicted octanol–water partition coefficient (Wildman–Crippen LogP) is 4.25. The molecular weight excluding hydrogens is 244 g/mol. The quantitative estimate of drug-likeness (QED) is 0.593. The third kappa shape index (κ3) is 2.50. The van der Waals surface area contributed by atoms with Gasteiger partial charge in [-0.2, -0.15) is 0 Å². The van der Waals surface area contributed by atoms with E-state index in [1.165, 1.54) is 10.8 Å². The minimum absolute atomic E-state index is 0.828. The first-order chi connectivity index (χ1) is 9.86. The van der Waals surface area contributed by atoms with Gasteiger partial charge in [0, 0.05) is 11.1 Å². The van der Waals surface area contributed by atoms with Crippen molar-refractivity contribution in [1.82, 2.24) is 0 Å².